The highest BCUT2D eigenvalue weighted by Gasteiger charge is 2.04. The van der Waals surface area contributed by atoms with Crippen molar-refractivity contribution in [3.8, 4) is 5.75 Å². The SMILES string of the molecule is CC(C)CCC(C)NCCOc1ccc(C(=O)O)cc1. The van der Waals surface area contributed by atoms with E-state index in [1.165, 1.54) is 12.8 Å². The average Bonchev–Trinajstić information content (AvgIpc) is 2.42. The minimum Gasteiger partial charge on any atom is -0.492 e. The molecule has 0 aromatic heterocycles. The second kappa shape index (κ2) is 8.59. The van der Waals surface area contributed by atoms with Gasteiger partial charge in [0, 0.05) is 12.6 Å². The fraction of sp³-hybridized carbons (Fsp3) is 0.562. The molecule has 1 aromatic rings. The summed E-state index contributed by atoms with van der Waals surface area (Å²) in [6.45, 7) is 8.02. The number of nitrogens with one attached hydrogen (secondary N) is 1. The lowest BCUT2D eigenvalue weighted by Crippen LogP contribution is -2.30. The highest BCUT2D eigenvalue weighted by molar-refractivity contribution is 5.87. The number of ether oxygens (including phenoxy) is 1. The van der Waals surface area contributed by atoms with Crippen LogP contribution in [0.3, 0.4) is 0 Å². The summed E-state index contributed by atoms with van der Waals surface area (Å²) in [7, 11) is 0. The lowest BCUT2D eigenvalue weighted by Gasteiger charge is -2.15. The van der Waals surface area contributed by atoms with Crippen molar-refractivity contribution in [2.75, 3.05) is 13.2 Å². The smallest absolute Gasteiger partial charge is 0.335 e. The molecule has 0 radical (unpaired) electrons. The summed E-state index contributed by atoms with van der Waals surface area (Å²) in [4.78, 5) is 10.7. The molecule has 0 saturated heterocycles. The Bertz CT molecular complexity index is 401. The molecular formula is C16H25NO3. The average molecular weight is 279 g/mol. The normalized spacial score (nSPS) is 12.4. The summed E-state index contributed by atoms with van der Waals surface area (Å²) in [6.07, 6.45) is 2.40. The predicted octanol–water partition coefficient (Wildman–Crippen LogP) is 3.18. The lowest BCUT2D eigenvalue weighted by atomic mass is 10.0. The van der Waals surface area contributed by atoms with Gasteiger partial charge in [-0.2, -0.15) is 0 Å². The molecule has 1 rings (SSSR count). The van der Waals surface area contributed by atoms with Gasteiger partial charge in [-0.05, 0) is 49.9 Å². The number of hydrogen-bond acceptors (Lipinski definition) is 3. The van der Waals surface area contributed by atoms with Crippen LogP contribution in [0.5, 0.6) is 5.75 Å². The summed E-state index contributed by atoms with van der Waals surface area (Å²) in [5.74, 6) is 0.520. The van der Waals surface area contributed by atoms with E-state index in [9.17, 15) is 4.79 Å². The fourth-order valence-electron chi connectivity index (χ4n) is 1.85. The number of benzene rings is 1. The zero-order valence-electron chi connectivity index (χ0n) is 12.6. The standard InChI is InChI=1S/C16H25NO3/c1-12(2)4-5-13(3)17-10-11-20-15-8-6-14(7-9-15)16(18)19/h6-9,12-13,17H,4-5,10-11H2,1-3H3,(H,18,19). The molecule has 4 nitrogen and oxygen atoms in total. The monoisotopic (exact) mass is 279 g/mol. The number of hydrogen-bond donors (Lipinski definition) is 2. The summed E-state index contributed by atoms with van der Waals surface area (Å²) >= 11 is 0. The first-order valence-electron chi connectivity index (χ1n) is 7.18. The molecule has 0 aliphatic heterocycles. The quantitative estimate of drug-likeness (QED) is 0.682. The number of rotatable bonds is 9. The Morgan fingerprint density at radius 2 is 1.85 bits per heavy atom. The van der Waals surface area contributed by atoms with Crippen molar-refractivity contribution in [2.45, 2.75) is 39.7 Å². The second-order valence-corrected chi connectivity index (χ2v) is 5.50. The van der Waals surface area contributed by atoms with Crippen LogP contribution in [0.25, 0.3) is 0 Å². The molecule has 1 aromatic carbocycles. The van der Waals surface area contributed by atoms with Crippen LogP contribution < -0.4 is 10.1 Å². The van der Waals surface area contributed by atoms with E-state index in [0.29, 0.717) is 18.4 Å². The third kappa shape index (κ3) is 6.57. The van der Waals surface area contributed by atoms with E-state index < -0.39 is 5.97 Å². The number of carboxylic acid groups (broad SMARTS) is 1. The maximum absolute atomic E-state index is 10.7. The summed E-state index contributed by atoms with van der Waals surface area (Å²) < 4.78 is 5.56. The maximum Gasteiger partial charge on any atom is 0.335 e. The van der Waals surface area contributed by atoms with E-state index >= 15 is 0 Å². The maximum atomic E-state index is 10.7. The Labute approximate surface area is 121 Å². The van der Waals surface area contributed by atoms with Gasteiger partial charge in [-0.25, -0.2) is 4.79 Å². The Kier molecular flexibility index (Phi) is 7.09. The highest BCUT2D eigenvalue weighted by Crippen LogP contribution is 2.12. The Hall–Kier alpha value is -1.55. The third-order valence-electron chi connectivity index (χ3n) is 3.14. The summed E-state index contributed by atoms with van der Waals surface area (Å²) in [6, 6.07) is 6.97. The van der Waals surface area contributed by atoms with Crippen molar-refractivity contribution in [3.05, 3.63) is 29.8 Å². The molecule has 0 aliphatic rings. The number of aromatic carboxylic acids is 1. The van der Waals surface area contributed by atoms with Gasteiger partial charge in [-0.3, -0.25) is 0 Å². The van der Waals surface area contributed by atoms with Gasteiger partial charge in [0.2, 0.25) is 0 Å². The van der Waals surface area contributed by atoms with Crippen LogP contribution >= 0.6 is 0 Å². The van der Waals surface area contributed by atoms with Crippen molar-refractivity contribution in [3.63, 3.8) is 0 Å². The van der Waals surface area contributed by atoms with Gasteiger partial charge in [-0.1, -0.05) is 13.8 Å². The minimum atomic E-state index is -0.919. The zero-order chi connectivity index (χ0) is 15.0. The zero-order valence-corrected chi connectivity index (χ0v) is 12.6. The van der Waals surface area contributed by atoms with E-state index in [-0.39, 0.29) is 5.56 Å². The summed E-state index contributed by atoms with van der Waals surface area (Å²) in [5.41, 5.74) is 0.276. The first-order valence-corrected chi connectivity index (χ1v) is 7.18. The van der Waals surface area contributed by atoms with Gasteiger partial charge >= 0.3 is 5.97 Å². The van der Waals surface area contributed by atoms with E-state index in [2.05, 4.69) is 26.1 Å². The molecule has 0 fully saturated rings. The molecule has 0 amide bonds. The lowest BCUT2D eigenvalue weighted by molar-refractivity contribution is 0.0697. The first-order chi connectivity index (χ1) is 9.49. The molecular weight excluding hydrogens is 254 g/mol. The van der Waals surface area contributed by atoms with Crippen LogP contribution in [0.1, 0.15) is 44.0 Å². The molecule has 0 aliphatic carbocycles. The van der Waals surface area contributed by atoms with Crippen LogP contribution in [0.15, 0.2) is 24.3 Å². The van der Waals surface area contributed by atoms with E-state index in [4.69, 9.17) is 9.84 Å². The molecule has 4 heteroatoms. The molecule has 0 saturated carbocycles. The van der Waals surface area contributed by atoms with E-state index in [1.54, 1.807) is 24.3 Å². The van der Waals surface area contributed by atoms with Gasteiger partial charge in [0.25, 0.3) is 0 Å². The second-order valence-electron chi connectivity index (χ2n) is 5.50. The molecule has 0 bridgehead atoms. The van der Waals surface area contributed by atoms with Crippen molar-refractivity contribution in [2.24, 2.45) is 5.92 Å². The van der Waals surface area contributed by atoms with E-state index in [1.807, 2.05) is 0 Å². The Morgan fingerprint density at radius 3 is 2.40 bits per heavy atom. The largest absolute Gasteiger partial charge is 0.492 e. The molecule has 1 atom stereocenters. The van der Waals surface area contributed by atoms with E-state index in [0.717, 1.165) is 12.5 Å². The molecule has 1 unspecified atom stereocenters. The molecule has 20 heavy (non-hydrogen) atoms. The van der Waals surface area contributed by atoms with Gasteiger partial charge in [-0.15, -0.1) is 0 Å². The van der Waals surface area contributed by atoms with Gasteiger partial charge in [0.1, 0.15) is 12.4 Å². The Morgan fingerprint density at radius 1 is 1.20 bits per heavy atom. The molecule has 112 valence electrons. The third-order valence-corrected chi connectivity index (χ3v) is 3.14. The topological polar surface area (TPSA) is 58.6 Å². The molecule has 2 N–H and O–H groups in total. The van der Waals surface area contributed by atoms with Crippen LogP contribution in [0, 0.1) is 5.92 Å². The van der Waals surface area contributed by atoms with Gasteiger partial charge in [0.05, 0.1) is 5.56 Å². The van der Waals surface area contributed by atoms with Crippen molar-refractivity contribution in [1.82, 2.24) is 5.32 Å². The molecule has 0 heterocycles. The Balaban J connectivity index is 2.19. The predicted molar refractivity (Wildman–Crippen MR) is 80.4 cm³/mol. The van der Waals surface area contributed by atoms with Crippen molar-refractivity contribution in [1.29, 1.82) is 0 Å². The fourth-order valence-corrected chi connectivity index (χ4v) is 1.85. The number of carbonyl (C=O) groups is 1. The minimum absolute atomic E-state index is 0.276. The van der Waals surface area contributed by atoms with Crippen molar-refractivity contribution >= 4 is 5.97 Å². The van der Waals surface area contributed by atoms with Crippen molar-refractivity contribution < 1.29 is 14.6 Å². The van der Waals surface area contributed by atoms with Crippen LogP contribution in [0.2, 0.25) is 0 Å². The van der Waals surface area contributed by atoms with Crippen LogP contribution in [-0.4, -0.2) is 30.3 Å². The van der Waals surface area contributed by atoms with Gasteiger partial charge in [0.15, 0.2) is 0 Å². The molecule has 0 spiro atoms. The number of carboxylic acids is 1. The summed E-state index contributed by atoms with van der Waals surface area (Å²) in [5, 5.41) is 12.2. The van der Waals surface area contributed by atoms with Crippen LogP contribution in [0.4, 0.5) is 0 Å². The first kappa shape index (κ1) is 16.5. The highest BCUT2D eigenvalue weighted by atomic mass is 16.5. The van der Waals surface area contributed by atoms with Gasteiger partial charge < -0.3 is 15.2 Å². The van der Waals surface area contributed by atoms with Crippen LogP contribution in [-0.2, 0) is 0 Å².